The van der Waals surface area contributed by atoms with Crippen LogP contribution in [0.2, 0.25) is 0 Å². The number of rotatable bonds is 8. The number of benzene rings is 2. The molecule has 0 aliphatic heterocycles. The number of hydrogen-bond donors (Lipinski definition) is 0. The molecule has 0 spiro atoms. The molecular formula is C27H33N3O2. The Kier molecular flexibility index (Phi) is 6.45. The Bertz CT molecular complexity index is 1160. The van der Waals surface area contributed by atoms with Crippen molar-refractivity contribution >= 4 is 16.8 Å². The predicted molar refractivity (Wildman–Crippen MR) is 129 cm³/mol. The van der Waals surface area contributed by atoms with Crippen LogP contribution in [-0.2, 0) is 4.79 Å². The van der Waals surface area contributed by atoms with Crippen LogP contribution in [0.25, 0.3) is 16.6 Å². The van der Waals surface area contributed by atoms with E-state index in [1.165, 1.54) is 0 Å². The lowest BCUT2D eigenvalue weighted by molar-refractivity contribution is -0.135. The van der Waals surface area contributed by atoms with E-state index < -0.39 is 0 Å². The van der Waals surface area contributed by atoms with Crippen LogP contribution in [0.15, 0.2) is 53.3 Å². The summed E-state index contributed by atoms with van der Waals surface area (Å²) in [5.74, 6) is 1.47. The van der Waals surface area contributed by atoms with Gasteiger partial charge in [0.15, 0.2) is 0 Å². The maximum atomic E-state index is 13.7. The average Bonchev–Trinajstić information content (AvgIpc) is 3.62. The van der Waals surface area contributed by atoms with Crippen molar-refractivity contribution in [2.24, 2.45) is 11.8 Å². The van der Waals surface area contributed by atoms with Gasteiger partial charge in [-0.25, -0.2) is 4.98 Å². The summed E-state index contributed by atoms with van der Waals surface area (Å²) in [6, 6.07) is 15.2. The Morgan fingerprint density at radius 2 is 1.81 bits per heavy atom. The molecule has 1 aliphatic carbocycles. The second kappa shape index (κ2) is 9.27. The number of aromatic nitrogens is 2. The monoisotopic (exact) mass is 431 g/mol. The topological polar surface area (TPSA) is 55.2 Å². The van der Waals surface area contributed by atoms with Gasteiger partial charge in [0.2, 0.25) is 5.91 Å². The molecule has 1 aliphatic rings. The minimum Gasteiger partial charge on any atom is -0.332 e. The molecule has 1 saturated carbocycles. The third-order valence-corrected chi connectivity index (χ3v) is 6.31. The van der Waals surface area contributed by atoms with Crippen LogP contribution in [0.1, 0.15) is 63.9 Å². The lowest BCUT2D eigenvalue weighted by Crippen LogP contribution is -2.40. The zero-order valence-corrected chi connectivity index (χ0v) is 19.5. The molecule has 1 amide bonds. The van der Waals surface area contributed by atoms with Gasteiger partial charge >= 0.3 is 0 Å². The SMILES string of the molecule is CCC(c1nc2ccccc2c(=O)n1-c1ccc(C)cc1)N(CCC(C)C)C(=O)C1CC1. The lowest BCUT2D eigenvalue weighted by atomic mass is 10.1. The van der Waals surface area contributed by atoms with Crippen molar-refractivity contribution in [2.75, 3.05) is 6.54 Å². The van der Waals surface area contributed by atoms with E-state index in [4.69, 9.17) is 4.98 Å². The normalized spacial score (nSPS) is 14.7. The summed E-state index contributed by atoms with van der Waals surface area (Å²) in [5, 5.41) is 0.592. The maximum Gasteiger partial charge on any atom is 0.266 e. The highest BCUT2D eigenvalue weighted by Gasteiger charge is 2.37. The van der Waals surface area contributed by atoms with Gasteiger partial charge in [0, 0.05) is 12.5 Å². The zero-order chi connectivity index (χ0) is 22.8. The second-order valence-electron chi connectivity index (χ2n) is 9.38. The Balaban J connectivity index is 1.91. The Hall–Kier alpha value is -2.95. The quantitative estimate of drug-likeness (QED) is 0.478. The van der Waals surface area contributed by atoms with E-state index in [1.807, 2.05) is 60.4 Å². The van der Waals surface area contributed by atoms with Gasteiger partial charge in [0.1, 0.15) is 5.82 Å². The number of carbonyl (C=O) groups is 1. The summed E-state index contributed by atoms with van der Waals surface area (Å²) in [6.07, 6.45) is 3.55. The summed E-state index contributed by atoms with van der Waals surface area (Å²) in [7, 11) is 0. The summed E-state index contributed by atoms with van der Waals surface area (Å²) in [6.45, 7) is 9.15. The minimum atomic E-state index is -0.250. The van der Waals surface area contributed by atoms with Crippen molar-refractivity contribution < 1.29 is 4.79 Å². The summed E-state index contributed by atoms with van der Waals surface area (Å²) >= 11 is 0. The molecule has 168 valence electrons. The van der Waals surface area contributed by atoms with Gasteiger partial charge in [-0.1, -0.05) is 50.6 Å². The average molecular weight is 432 g/mol. The van der Waals surface area contributed by atoms with Crippen molar-refractivity contribution in [1.82, 2.24) is 14.5 Å². The molecule has 1 fully saturated rings. The molecule has 1 aromatic heterocycles. The van der Waals surface area contributed by atoms with Gasteiger partial charge in [0.05, 0.1) is 22.6 Å². The summed E-state index contributed by atoms with van der Waals surface area (Å²) in [4.78, 5) is 34.0. The molecular weight excluding hydrogens is 398 g/mol. The van der Waals surface area contributed by atoms with E-state index in [9.17, 15) is 9.59 Å². The molecule has 1 atom stereocenters. The molecule has 5 nitrogen and oxygen atoms in total. The van der Waals surface area contributed by atoms with E-state index >= 15 is 0 Å². The highest BCUT2D eigenvalue weighted by atomic mass is 16.2. The zero-order valence-electron chi connectivity index (χ0n) is 19.5. The summed E-state index contributed by atoms with van der Waals surface area (Å²) < 4.78 is 1.72. The molecule has 0 bridgehead atoms. The van der Waals surface area contributed by atoms with Crippen molar-refractivity contribution in [1.29, 1.82) is 0 Å². The molecule has 5 heteroatoms. The van der Waals surface area contributed by atoms with E-state index in [0.29, 0.717) is 35.6 Å². The van der Waals surface area contributed by atoms with E-state index in [1.54, 1.807) is 4.57 Å². The lowest BCUT2D eigenvalue weighted by Gasteiger charge is -2.33. The highest BCUT2D eigenvalue weighted by Crippen LogP contribution is 2.35. The fourth-order valence-corrected chi connectivity index (χ4v) is 4.24. The molecule has 2 aromatic carbocycles. The van der Waals surface area contributed by atoms with Crippen LogP contribution in [0.3, 0.4) is 0 Å². The Labute approximate surface area is 190 Å². The van der Waals surface area contributed by atoms with Crippen LogP contribution in [0.4, 0.5) is 0 Å². The molecule has 1 unspecified atom stereocenters. The summed E-state index contributed by atoms with van der Waals surface area (Å²) in [5.41, 5.74) is 2.51. The molecule has 32 heavy (non-hydrogen) atoms. The highest BCUT2D eigenvalue weighted by molar-refractivity contribution is 5.82. The van der Waals surface area contributed by atoms with Crippen LogP contribution in [0.5, 0.6) is 0 Å². The van der Waals surface area contributed by atoms with Gasteiger partial charge in [0.25, 0.3) is 5.56 Å². The maximum absolute atomic E-state index is 13.7. The first-order valence-electron chi connectivity index (χ1n) is 11.8. The van der Waals surface area contributed by atoms with E-state index in [-0.39, 0.29) is 23.4 Å². The Morgan fingerprint density at radius 1 is 1.12 bits per heavy atom. The van der Waals surface area contributed by atoms with E-state index in [2.05, 4.69) is 20.8 Å². The third kappa shape index (κ3) is 4.47. The first kappa shape index (κ1) is 22.3. The number of amides is 1. The second-order valence-corrected chi connectivity index (χ2v) is 9.38. The van der Waals surface area contributed by atoms with Gasteiger partial charge in [-0.2, -0.15) is 0 Å². The van der Waals surface area contributed by atoms with Crippen LogP contribution < -0.4 is 5.56 Å². The number of carbonyl (C=O) groups excluding carboxylic acids is 1. The molecule has 0 saturated heterocycles. The largest absolute Gasteiger partial charge is 0.332 e. The predicted octanol–water partition coefficient (Wildman–Crippen LogP) is 5.43. The van der Waals surface area contributed by atoms with Gasteiger partial charge in [-0.05, 0) is 62.8 Å². The van der Waals surface area contributed by atoms with Crippen LogP contribution in [0, 0.1) is 18.8 Å². The molecule has 1 heterocycles. The Morgan fingerprint density at radius 3 is 2.44 bits per heavy atom. The van der Waals surface area contributed by atoms with Crippen molar-refractivity contribution in [2.45, 2.75) is 59.4 Å². The van der Waals surface area contributed by atoms with Crippen molar-refractivity contribution in [3.05, 3.63) is 70.3 Å². The smallest absolute Gasteiger partial charge is 0.266 e. The third-order valence-electron chi connectivity index (χ3n) is 6.31. The van der Waals surface area contributed by atoms with Crippen molar-refractivity contribution in [3.8, 4) is 5.69 Å². The number of hydrogen-bond acceptors (Lipinski definition) is 3. The molecule has 4 rings (SSSR count). The van der Waals surface area contributed by atoms with Gasteiger partial charge in [-0.3, -0.25) is 14.2 Å². The van der Waals surface area contributed by atoms with Crippen molar-refractivity contribution in [3.63, 3.8) is 0 Å². The molecule has 0 radical (unpaired) electrons. The first-order valence-corrected chi connectivity index (χ1v) is 11.8. The number of fused-ring (bicyclic) bond motifs is 1. The van der Waals surface area contributed by atoms with Crippen LogP contribution in [-0.4, -0.2) is 26.9 Å². The van der Waals surface area contributed by atoms with E-state index in [0.717, 1.165) is 30.5 Å². The van der Waals surface area contributed by atoms with Gasteiger partial charge in [-0.15, -0.1) is 0 Å². The number of aryl methyl sites for hydroxylation is 1. The fourth-order valence-electron chi connectivity index (χ4n) is 4.24. The van der Waals surface area contributed by atoms with Gasteiger partial charge < -0.3 is 4.90 Å². The minimum absolute atomic E-state index is 0.0874. The first-order chi connectivity index (χ1) is 15.4. The number of para-hydroxylation sites is 1. The van der Waals surface area contributed by atoms with Crippen LogP contribution >= 0.6 is 0 Å². The number of nitrogens with zero attached hydrogens (tertiary/aromatic N) is 3. The molecule has 0 N–H and O–H groups in total. The fraction of sp³-hybridized carbons (Fsp3) is 0.444. The molecule has 3 aromatic rings. The standard InChI is InChI=1S/C27H33N3O2/c1-5-24(29(17-16-18(2)3)26(31)20-12-13-20)25-28-23-9-7-6-8-22(23)27(32)30(25)21-14-10-19(4)11-15-21/h6-11,14-15,18,20,24H,5,12-13,16-17H2,1-4H3.